The van der Waals surface area contributed by atoms with E-state index in [-0.39, 0.29) is 6.04 Å². The molecule has 1 unspecified atom stereocenters. The van der Waals surface area contributed by atoms with Crippen molar-refractivity contribution in [3.05, 3.63) is 56.4 Å². The fraction of sp³-hybridized carbons (Fsp3) is 0.286. The van der Waals surface area contributed by atoms with Crippen LogP contribution in [-0.4, -0.2) is 7.05 Å². The van der Waals surface area contributed by atoms with Gasteiger partial charge in [0.15, 0.2) is 0 Å². The first-order valence-corrected chi connectivity index (χ1v) is 6.89. The van der Waals surface area contributed by atoms with E-state index >= 15 is 0 Å². The average molecular weight is 329 g/mol. The first-order valence-electron chi connectivity index (χ1n) is 5.72. The van der Waals surface area contributed by atoms with Crippen LogP contribution in [-0.2, 0) is 0 Å². The van der Waals surface area contributed by atoms with E-state index in [2.05, 4.69) is 27.3 Å². The number of rotatable bonds is 3. The second-order valence-electron chi connectivity index (χ2n) is 4.26. The molecule has 1 N–H and O–H groups in total. The van der Waals surface area contributed by atoms with E-state index in [0.717, 1.165) is 32.1 Å². The van der Waals surface area contributed by atoms with Crippen molar-refractivity contribution in [1.82, 2.24) is 5.32 Å². The average Bonchev–Trinajstić information content (AvgIpc) is 2.64. The molecule has 0 aliphatic carbocycles. The molecule has 2 aromatic rings. The zero-order chi connectivity index (χ0) is 13.3. The maximum Gasteiger partial charge on any atom is 0.106 e. The van der Waals surface area contributed by atoms with Gasteiger partial charge in [0.25, 0.3) is 0 Å². The normalized spacial score (nSPS) is 12.7. The highest BCUT2D eigenvalue weighted by Gasteiger charge is 2.19. The molecule has 1 heterocycles. The molecular weight excluding hydrogens is 314 g/mol. The van der Waals surface area contributed by atoms with Crippen LogP contribution in [0.4, 0.5) is 0 Å². The molecule has 0 spiro atoms. The Bertz CT molecular complexity index is 565. The molecule has 2 nitrogen and oxygen atoms in total. The first-order chi connectivity index (χ1) is 8.52. The zero-order valence-electron chi connectivity index (χ0n) is 10.6. The van der Waals surface area contributed by atoms with Crippen LogP contribution >= 0.6 is 27.5 Å². The van der Waals surface area contributed by atoms with Crippen molar-refractivity contribution in [2.45, 2.75) is 19.9 Å². The maximum absolute atomic E-state index is 6.08. The molecule has 96 valence electrons. The Morgan fingerprint density at radius 1 is 1.22 bits per heavy atom. The van der Waals surface area contributed by atoms with Gasteiger partial charge in [-0.1, -0.05) is 27.5 Å². The van der Waals surface area contributed by atoms with Gasteiger partial charge in [-0.2, -0.15) is 0 Å². The van der Waals surface area contributed by atoms with E-state index in [9.17, 15) is 0 Å². The van der Waals surface area contributed by atoms with Gasteiger partial charge in [0, 0.05) is 15.1 Å². The second-order valence-corrected chi connectivity index (χ2v) is 5.55. The highest BCUT2D eigenvalue weighted by Crippen LogP contribution is 2.33. The van der Waals surface area contributed by atoms with Crippen molar-refractivity contribution in [2.75, 3.05) is 7.05 Å². The van der Waals surface area contributed by atoms with Crippen molar-refractivity contribution < 1.29 is 4.42 Å². The summed E-state index contributed by atoms with van der Waals surface area (Å²) in [6.07, 6.45) is 0. The van der Waals surface area contributed by atoms with Crippen LogP contribution < -0.4 is 5.32 Å². The number of hydrogen-bond acceptors (Lipinski definition) is 2. The molecule has 0 radical (unpaired) electrons. The molecule has 0 saturated heterocycles. The van der Waals surface area contributed by atoms with Gasteiger partial charge in [-0.05, 0) is 50.7 Å². The van der Waals surface area contributed by atoms with E-state index in [0.29, 0.717) is 0 Å². The predicted octanol–water partition coefficient (Wildman–Crippen LogP) is 4.62. The molecule has 1 aromatic carbocycles. The van der Waals surface area contributed by atoms with E-state index in [4.69, 9.17) is 16.0 Å². The third-order valence-corrected chi connectivity index (χ3v) is 3.91. The summed E-state index contributed by atoms with van der Waals surface area (Å²) in [5.74, 6) is 1.85. The van der Waals surface area contributed by atoms with E-state index in [1.165, 1.54) is 0 Å². The van der Waals surface area contributed by atoms with Crippen molar-refractivity contribution >= 4 is 27.5 Å². The summed E-state index contributed by atoms with van der Waals surface area (Å²) in [6, 6.07) is 7.92. The van der Waals surface area contributed by atoms with Crippen molar-refractivity contribution in [1.29, 1.82) is 0 Å². The number of nitrogens with one attached hydrogen (secondary N) is 1. The monoisotopic (exact) mass is 327 g/mol. The quantitative estimate of drug-likeness (QED) is 0.889. The molecule has 1 aromatic heterocycles. The highest BCUT2D eigenvalue weighted by atomic mass is 79.9. The van der Waals surface area contributed by atoms with Gasteiger partial charge < -0.3 is 9.73 Å². The number of halogens is 2. The largest absolute Gasteiger partial charge is 0.466 e. The molecule has 18 heavy (non-hydrogen) atoms. The summed E-state index contributed by atoms with van der Waals surface area (Å²) in [5, 5.41) is 4.04. The lowest BCUT2D eigenvalue weighted by Gasteiger charge is -2.18. The number of aryl methyl sites for hydroxylation is 2. The van der Waals surface area contributed by atoms with Crippen LogP contribution in [0.15, 0.2) is 33.2 Å². The third kappa shape index (κ3) is 2.63. The van der Waals surface area contributed by atoms with Crippen LogP contribution in [0.2, 0.25) is 5.02 Å². The van der Waals surface area contributed by atoms with Crippen LogP contribution in [0.3, 0.4) is 0 Å². The lowest BCUT2D eigenvalue weighted by Crippen LogP contribution is -2.18. The number of benzene rings is 1. The molecule has 0 aliphatic heterocycles. The summed E-state index contributed by atoms with van der Waals surface area (Å²) in [5.41, 5.74) is 2.24. The van der Waals surface area contributed by atoms with Crippen molar-refractivity contribution in [3.63, 3.8) is 0 Å². The van der Waals surface area contributed by atoms with Gasteiger partial charge in [0.1, 0.15) is 11.5 Å². The summed E-state index contributed by atoms with van der Waals surface area (Å²) in [4.78, 5) is 0. The van der Waals surface area contributed by atoms with Gasteiger partial charge in [-0.25, -0.2) is 0 Å². The Labute approximate surface area is 120 Å². The Balaban J connectivity index is 2.51. The molecule has 4 heteroatoms. The minimum Gasteiger partial charge on any atom is -0.466 e. The summed E-state index contributed by atoms with van der Waals surface area (Å²) < 4.78 is 6.63. The van der Waals surface area contributed by atoms with E-state index in [1.807, 2.05) is 39.1 Å². The number of hydrogen-bond donors (Lipinski definition) is 1. The third-order valence-electron chi connectivity index (χ3n) is 2.95. The standard InChI is InChI=1S/C14H15BrClNO/c1-8-6-11(9(2)18-8)14(17-3)12-7-10(16)4-5-13(12)15/h4-7,14,17H,1-3H3. The van der Waals surface area contributed by atoms with Crippen LogP contribution in [0.25, 0.3) is 0 Å². The maximum atomic E-state index is 6.08. The zero-order valence-corrected chi connectivity index (χ0v) is 12.9. The second kappa shape index (κ2) is 5.47. The van der Waals surface area contributed by atoms with E-state index < -0.39 is 0 Å². The lowest BCUT2D eigenvalue weighted by atomic mass is 9.99. The van der Waals surface area contributed by atoms with E-state index in [1.54, 1.807) is 0 Å². The fourth-order valence-electron chi connectivity index (χ4n) is 2.15. The summed E-state index contributed by atoms with van der Waals surface area (Å²) >= 11 is 9.65. The molecule has 0 fully saturated rings. The predicted molar refractivity (Wildman–Crippen MR) is 78.2 cm³/mol. The molecule has 0 bridgehead atoms. The summed E-state index contributed by atoms with van der Waals surface area (Å²) in [7, 11) is 1.93. The minimum atomic E-state index is 0.0653. The van der Waals surface area contributed by atoms with Gasteiger partial charge in [0.05, 0.1) is 6.04 Å². The lowest BCUT2D eigenvalue weighted by molar-refractivity contribution is 0.497. The van der Waals surface area contributed by atoms with Crippen molar-refractivity contribution in [3.8, 4) is 0 Å². The highest BCUT2D eigenvalue weighted by molar-refractivity contribution is 9.10. The van der Waals surface area contributed by atoms with Crippen LogP contribution in [0.1, 0.15) is 28.7 Å². The SMILES string of the molecule is CNC(c1cc(Cl)ccc1Br)c1cc(C)oc1C. The van der Waals surface area contributed by atoms with Gasteiger partial charge in [0.2, 0.25) is 0 Å². The van der Waals surface area contributed by atoms with Crippen LogP contribution in [0, 0.1) is 13.8 Å². The molecule has 1 atom stereocenters. The first kappa shape index (κ1) is 13.7. The molecule has 0 aliphatic rings. The van der Waals surface area contributed by atoms with Gasteiger partial charge in [-0.15, -0.1) is 0 Å². The molecule has 0 saturated carbocycles. The summed E-state index contributed by atoms with van der Waals surface area (Å²) in [6.45, 7) is 3.93. The fourth-order valence-corrected chi connectivity index (χ4v) is 2.81. The minimum absolute atomic E-state index is 0.0653. The topological polar surface area (TPSA) is 25.2 Å². The Morgan fingerprint density at radius 2 is 1.94 bits per heavy atom. The Hall–Kier alpha value is -0.770. The Morgan fingerprint density at radius 3 is 2.50 bits per heavy atom. The van der Waals surface area contributed by atoms with Gasteiger partial charge >= 0.3 is 0 Å². The van der Waals surface area contributed by atoms with Crippen molar-refractivity contribution in [2.24, 2.45) is 0 Å². The molecule has 2 rings (SSSR count). The van der Waals surface area contributed by atoms with Gasteiger partial charge in [-0.3, -0.25) is 0 Å². The molecular formula is C14H15BrClNO. The number of furan rings is 1. The van der Waals surface area contributed by atoms with Crippen LogP contribution in [0.5, 0.6) is 0 Å². The smallest absolute Gasteiger partial charge is 0.106 e. The Kier molecular flexibility index (Phi) is 4.15. The molecule has 0 amide bonds.